The van der Waals surface area contributed by atoms with E-state index >= 15 is 0 Å². The number of fused-ring (bicyclic) bond motifs is 2. The molecule has 4 atom stereocenters. The van der Waals surface area contributed by atoms with E-state index in [-0.39, 0.29) is 6.42 Å². The van der Waals surface area contributed by atoms with Crippen LogP contribution in [0.4, 0.5) is 0 Å². The summed E-state index contributed by atoms with van der Waals surface area (Å²) < 4.78 is 6.12. The first-order valence-electron chi connectivity index (χ1n) is 9.65. The zero-order chi connectivity index (χ0) is 18.2. The van der Waals surface area contributed by atoms with Gasteiger partial charge in [0.2, 0.25) is 0 Å². The van der Waals surface area contributed by atoms with Gasteiger partial charge in [0.15, 0.2) is 0 Å². The van der Waals surface area contributed by atoms with E-state index in [1.54, 1.807) is 0 Å². The molecule has 0 aromatic heterocycles. The van der Waals surface area contributed by atoms with Crippen molar-refractivity contribution in [1.82, 2.24) is 5.48 Å². The summed E-state index contributed by atoms with van der Waals surface area (Å²) in [5.41, 5.74) is 4.30. The fourth-order valence-electron chi connectivity index (χ4n) is 4.09. The first-order valence-corrected chi connectivity index (χ1v) is 9.65. The Bertz CT molecular complexity index is 589. The number of benzene rings is 1. The Hall–Kier alpha value is -1.69. The number of carboxylic acids is 1. The number of carboxylic acid groups (broad SMARTS) is 1. The van der Waals surface area contributed by atoms with Crippen LogP contribution < -0.4 is 5.48 Å². The molecule has 1 aromatic carbocycles. The molecule has 142 valence electrons. The van der Waals surface area contributed by atoms with Gasteiger partial charge < -0.3 is 9.84 Å². The van der Waals surface area contributed by atoms with Gasteiger partial charge in [0.25, 0.3) is 0 Å². The Balaban J connectivity index is 1.39. The highest BCUT2D eigenvalue weighted by atomic mass is 16.6. The molecule has 2 bridgehead atoms. The number of rotatable bonds is 11. The smallest absolute Gasteiger partial charge is 0.303 e. The number of allylic oxidation sites excluding steroid dienone is 2. The van der Waals surface area contributed by atoms with Crippen LogP contribution in [0.1, 0.15) is 44.1 Å². The third-order valence-electron chi connectivity index (χ3n) is 5.43. The van der Waals surface area contributed by atoms with Crippen LogP contribution in [0.25, 0.3) is 0 Å². The SMILES string of the molecule is O=C(O)CCCC=CC[C@@H]1[C@H](CNOCc2ccccc2)[C@@H]2CC[C@H]1O2. The van der Waals surface area contributed by atoms with Crippen molar-refractivity contribution in [3.63, 3.8) is 0 Å². The normalized spacial score (nSPS) is 27.4. The lowest BCUT2D eigenvalue weighted by atomic mass is 9.77. The van der Waals surface area contributed by atoms with Crippen LogP contribution in [0.2, 0.25) is 0 Å². The lowest BCUT2D eigenvalue weighted by Gasteiger charge is -2.27. The van der Waals surface area contributed by atoms with Gasteiger partial charge in [-0.15, -0.1) is 0 Å². The van der Waals surface area contributed by atoms with Gasteiger partial charge in [-0.05, 0) is 43.6 Å². The number of unbranched alkanes of at least 4 members (excludes halogenated alkanes) is 1. The van der Waals surface area contributed by atoms with Crippen LogP contribution in [0.3, 0.4) is 0 Å². The molecule has 3 rings (SSSR count). The Kier molecular flexibility index (Phi) is 7.23. The van der Waals surface area contributed by atoms with Crippen molar-refractivity contribution in [2.45, 2.75) is 57.3 Å². The van der Waals surface area contributed by atoms with Gasteiger partial charge in [-0.1, -0.05) is 42.5 Å². The molecule has 5 nitrogen and oxygen atoms in total. The third kappa shape index (κ3) is 5.40. The lowest BCUT2D eigenvalue weighted by molar-refractivity contribution is -0.137. The van der Waals surface area contributed by atoms with Gasteiger partial charge in [0.05, 0.1) is 18.8 Å². The standard InChI is InChI=1S/C21H29NO4/c23-21(24)11-7-2-1-6-10-17-18(20-13-12-19(17)26-20)14-22-25-15-16-8-4-3-5-9-16/h1,3-6,8-9,17-20,22H,2,7,10-15H2,(H,23,24)/t17-,18+,19-,20+/m1/s1. The average molecular weight is 359 g/mol. The van der Waals surface area contributed by atoms with Gasteiger partial charge in [0.1, 0.15) is 0 Å². The van der Waals surface area contributed by atoms with Crippen molar-refractivity contribution < 1.29 is 19.5 Å². The number of nitrogens with one attached hydrogen (secondary N) is 1. The van der Waals surface area contributed by atoms with Crippen molar-refractivity contribution in [3.05, 3.63) is 48.0 Å². The van der Waals surface area contributed by atoms with Crippen molar-refractivity contribution in [3.8, 4) is 0 Å². The summed E-state index contributed by atoms with van der Waals surface area (Å²) in [5.74, 6) is 0.284. The van der Waals surface area contributed by atoms with E-state index in [1.165, 1.54) is 0 Å². The molecular formula is C21H29NO4. The van der Waals surface area contributed by atoms with Crippen molar-refractivity contribution >= 4 is 5.97 Å². The molecule has 26 heavy (non-hydrogen) atoms. The number of aliphatic carboxylic acids is 1. The highest BCUT2D eigenvalue weighted by Crippen LogP contribution is 2.44. The van der Waals surface area contributed by atoms with Crippen LogP contribution in [-0.4, -0.2) is 29.8 Å². The van der Waals surface area contributed by atoms with Gasteiger partial charge in [0, 0.05) is 18.9 Å². The second-order valence-corrected chi connectivity index (χ2v) is 7.23. The summed E-state index contributed by atoms with van der Waals surface area (Å²) in [6.07, 6.45) is 10.1. The molecule has 1 aromatic rings. The molecule has 0 amide bonds. The average Bonchev–Trinajstić information content (AvgIpc) is 3.24. The van der Waals surface area contributed by atoms with Gasteiger partial charge in [-0.3, -0.25) is 9.63 Å². The van der Waals surface area contributed by atoms with Gasteiger partial charge in [-0.2, -0.15) is 0 Å². The van der Waals surface area contributed by atoms with E-state index in [9.17, 15) is 4.79 Å². The zero-order valence-corrected chi connectivity index (χ0v) is 15.2. The van der Waals surface area contributed by atoms with E-state index in [0.29, 0.717) is 37.1 Å². The van der Waals surface area contributed by atoms with Crippen molar-refractivity contribution in [2.24, 2.45) is 11.8 Å². The molecule has 2 aliphatic heterocycles. The molecule has 0 saturated carbocycles. The van der Waals surface area contributed by atoms with E-state index in [2.05, 4.69) is 29.8 Å². The van der Waals surface area contributed by atoms with Crippen LogP contribution in [-0.2, 0) is 21.0 Å². The molecule has 0 aliphatic carbocycles. The third-order valence-corrected chi connectivity index (χ3v) is 5.43. The van der Waals surface area contributed by atoms with E-state index < -0.39 is 5.97 Å². The maximum absolute atomic E-state index is 10.5. The fourth-order valence-corrected chi connectivity index (χ4v) is 4.09. The molecule has 5 heteroatoms. The predicted octanol–water partition coefficient (Wildman–Crippen LogP) is 3.70. The fraction of sp³-hybridized carbons (Fsp3) is 0.571. The second kappa shape index (κ2) is 9.86. The number of hydroxylamine groups is 1. The maximum Gasteiger partial charge on any atom is 0.303 e. The number of hydrogen-bond donors (Lipinski definition) is 2. The van der Waals surface area contributed by atoms with Crippen LogP contribution in [0.5, 0.6) is 0 Å². The molecule has 2 heterocycles. The van der Waals surface area contributed by atoms with E-state index in [1.807, 2.05) is 18.2 Å². The highest BCUT2D eigenvalue weighted by molar-refractivity contribution is 5.66. The zero-order valence-electron chi connectivity index (χ0n) is 15.2. The number of hydrogen-bond acceptors (Lipinski definition) is 4. The molecule has 2 aliphatic rings. The monoisotopic (exact) mass is 359 g/mol. The van der Waals surface area contributed by atoms with E-state index in [0.717, 1.165) is 37.8 Å². The number of carbonyl (C=O) groups is 1. The largest absolute Gasteiger partial charge is 0.481 e. The van der Waals surface area contributed by atoms with Crippen molar-refractivity contribution in [2.75, 3.05) is 6.54 Å². The molecule has 2 fully saturated rings. The van der Waals surface area contributed by atoms with Crippen LogP contribution in [0.15, 0.2) is 42.5 Å². The molecule has 0 unspecified atom stereocenters. The lowest BCUT2D eigenvalue weighted by Crippen LogP contribution is -2.35. The van der Waals surface area contributed by atoms with Crippen molar-refractivity contribution in [1.29, 1.82) is 0 Å². The summed E-state index contributed by atoms with van der Waals surface area (Å²) in [4.78, 5) is 16.2. The summed E-state index contributed by atoms with van der Waals surface area (Å²) >= 11 is 0. The quantitative estimate of drug-likeness (QED) is 0.358. The maximum atomic E-state index is 10.5. The van der Waals surface area contributed by atoms with E-state index in [4.69, 9.17) is 14.7 Å². The molecule has 2 N–H and O–H groups in total. The molecule has 0 radical (unpaired) electrons. The van der Waals surface area contributed by atoms with Gasteiger partial charge in [-0.25, -0.2) is 5.48 Å². The van der Waals surface area contributed by atoms with Crippen LogP contribution >= 0.6 is 0 Å². The minimum Gasteiger partial charge on any atom is -0.481 e. The predicted molar refractivity (Wildman–Crippen MR) is 99.4 cm³/mol. The summed E-state index contributed by atoms with van der Waals surface area (Å²) in [5, 5.41) is 8.66. The Labute approximate surface area is 155 Å². The summed E-state index contributed by atoms with van der Waals surface area (Å²) in [7, 11) is 0. The Morgan fingerprint density at radius 2 is 1.96 bits per heavy atom. The molecule has 2 saturated heterocycles. The highest BCUT2D eigenvalue weighted by Gasteiger charge is 2.47. The van der Waals surface area contributed by atoms with Gasteiger partial charge >= 0.3 is 5.97 Å². The minimum absolute atomic E-state index is 0.243. The molecular weight excluding hydrogens is 330 g/mol. The first-order chi connectivity index (χ1) is 12.7. The molecule has 0 spiro atoms. The summed E-state index contributed by atoms with van der Waals surface area (Å²) in [6, 6.07) is 10.1. The summed E-state index contributed by atoms with van der Waals surface area (Å²) in [6.45, 7) is 1.38. The Morgan fingerprint density at radius 3 is 2.73 bits per heavy atom. The van der Waals surface area contributed by atoms with Crippen LogP contribution in [0, 0.1) is 11.8 Å². The minimum atomic E-state index is -0.721. The number of ether oxygens (including phenoxy) is 1. The second-order valence-electron chi connectivity index (χ2n) is 7.23. The Morgan fingerprint density at radius 1 is 1.19 bits per heavy atom. The topological polar surface area (TPSA) is 67.8 Å². The first kappa shape index (κ1) is 19.1.